The second-order valence-electron chi connectivity index (χ2n) is 3.15. The van der Waals surface area contributed by atoms with Crippen LogP contribution in [0.25, 0.3) is 0 Å². The first-order valence-electron chi connectivity index (χ1n) is 4.53. The van der Waals surface area contributed by atoms with Gasteiger partial charge in [-0.15, -0.1) is 0 Å². The average Bonchev–Trinajstić information content (AvgIpc) is 2.72. The Balaban J connectivity index is 1.97. The second-order valence-corrected chi connectivity index (χ2v) is 3.15. The molecule has 2 rings (SSSR count). The maximum absolute atomic E-state index is 9.73. The third kappa shape index (κ3) is 2.06. The zero-order valence-electron chi connectivity index (χ0n) is 7.72. The SMILES string of the molecule is OC(Cc1ccccc1)C1=COCO1. The third-order valence-electron chi connectivity index (χ3n) is 2.09. The van der Waals surface area contributed by atoms with Gasteiger partial charge in [0.15, 0.2) is 5.76 Å². The number of aliphatic hydroxyl groups excluding tert-OH is 1. The quantitative estimate of drug-likeness (QED) is 0.787. The van der Waals surface area contributed by atoms with Gasteiger partial charge in [0.25, 0.3) is 0 Å². The molecule has 0 saturated heterocycles. The largest absolute Gasteiger partial charge is 0.462 e. The molecule has 1 atom stereocenters. The Kier molecular flexibility index (Phi) is 2.70. The van der Waals surface area contributed by atoms with Crippen molar-refractivity contribution in [3.8, 4) is 0 Å². The molecule has 1 aliphatic heterocycles. The molecule has 0 amide bonds. The molecule has 0 aliphatic carbocycles. The van der Waals surface area contributed by atoms with Gasteiger partial charge in [0, 0.05) is 6.42 Å². The van der Waals surface area contributed by atoms with E-state index in [9.17, 15) is 5.11 Å². The molecule has 1 aliphatic rings. The summed E-state index contributed by atoms with van der Waals surface area (Å²) in [6.07, 6.45) is 1.41. The Morgan fingerprint density at radius 3 is 2.71 bits per heavy atom. The first-order valence-corrected chi connectivity index (χ1v) is 4.53. The normalized spacial score (nSPS) is 16.8. The van der Waals surface area contributed by atoms with Crippen LogP contribution in [-0.2, 0) is 15.9 Å². The summed E-state index contributed by atoms with van der Waals surface area (Å²) < 4.78 is 9.95. The van der Waals surface area contributed by atoms with E-state index in [2.05, 4.69) is 0 Å². The molecule has 14 heavy (non-hydrogen) atoms. The highest BCUT2D eigenvalue weighted by Gasteiger charge is 2.17. The van der Waals surface area contributed by atoms with Crippen LogP contribution < -0.4 is 0 Å². The maximum Gasteiger partial charge on any atom is 0.230 e. The lowest BCUT2D eigenvalue weighted by Crippen LogP contribution is -2.14. The van der Waals surface area contributed by atoms with Crippen LogP contribution in [0.2, 0.25) is 0 Å². The second kappa shape index (κ2) is 4.15. The van der Waals surface area contributed by atoms with E-state index in [1.807, 2.05) is 30.3 Å². The molecule has 3 nitrogen and oxygen atoms in total. The van der Waals surface area contributed by atoms with Crippen LogP contribution in [0.3, 0.4) is 0 Å². The molecule has 1 aromatic carbocycles. The Morgan fingerprint density at radius 2 is 2.07 bits per heavy atom. The number of rotatable bonds is 3. The predicted molar refractivity (Wildman–Crippen MR) is 51.3 cm³/mol. The van der Waals surface area contributed by atoms with Crippen molar-refractivity contribution in [1.29, 1.82) is 0 Å². The molecule has 0 aromatic heterocycles. The van der Waals surface area contributed by atoms with Gasteiger partial charge in [-0.1, -0.05) is 30.3 Å². The van der Waals surface area contributed by atoms with Crippen molar-refractivity contribution in [2.24, 2.45) is 0 Å². The fraction of sp³-hybridized carbons (Fsp3) is 0.273. The van der Waals surface area contributed by atoms with Crippen LogP contribution in [0.1, 0.15) is 5.56 Å². The van der Waals surface area contributed by atoms with Crippen molar-refractivity contribution in [2.45, 2.75) is 12.5 Å². The molecule has 74 valence electrons. The Labute approximate surface area is 82.6 Å². The molecule has 1 heterocycles. The summed E-state index contributed by atoms with van der Waals surface area (Å²) >= 11 is 0. The van der Waals surface area contributed by atoms with Crippen LogP contribution >= 0.6 is 0 Å². The number of hydrogen-bond acceptors (Lipinski definition) is 3. The lowest BCUT2D eigenvalue weighted by Gasteiger charge is -2.09. The summed E-state index contributed by atoms with van der Waals surface area (Å²) in [6.45, 7) is 0.210. The minimum absolute atomic E-state index is 0.210. The molecule has 1 aromatic rings. The minimum Gasteiger partial charge on any atom is -0.462 e. The van der Waals surface area contributed by atoms with E-state index in [1.54, 1.807) is 0 Å². The lowest BCUT2D eigenvalue weighted by atomic mass is 10.1. The molecule has 0 spiro atoms. The van der Waals surface area contributed by atoms with Gasteiger partial charge in [0.1, 0.15) is 12.4 Å². The van der Waals surface area contributed by atoms with Crippen molar-refractivity contribution >= 4 is 0 Å². The standard InChI is InChI=1S/C11H12O3/c12-10(11-7-13-8-14-11)6-9-4-2-1-3-5-9/h1-5,7,10,12H,6,8H2. The first-order chi connectivity index (χ1) is 6.86. The molecule has 0 bridgehead atoms. The Bertz CT molecular complexity index is 319. The molecule has 0 radical (unpaired) electrons. The fourth-order valence-corrected chi connectivity index (χ4v) is 1.36. The molecule has 1 unspecified atom stereocenters. The topological polar surface area (TPSA) is 38.7 Å². The van der Waals surface area contributed by atoms with Crippen LogP contribution in [-0.4, -0.2) is 18.0 Å². The molecular weight excluding hydrogens is 180 g/mol. The lowest BCUT2D eigenvalue weighted by molar-refractivity contribution is 0.0502. The summed E-state index contributed by atoms with van der Waals surface area (Å²) in [5.41, 5.74) is 1.08. The van der Waals surface area contributed by atoms with Gasteiger partial charge in [-0.25, -0.2) is 0 Å². The fourth-order valence-electron chi connectivity index (χ4n) is 1.36. The van der Waals surface area contributed by atoms with Crippen molar-refractivity contribution in [2.75, 3.05) is 6.79 Å². The van der Waals surface area contributed by atoms with Gasteiger partial charge in [-0.05, 0) is 5.56 Å². The Hall–Kier alpha value is -1.48. The summed E-state index contributed by atoms with van der Waals surface area (Å²) in [5.74, 6) is 0.508. The molecular formula is C11H12O3. The van der Waals surface area contributed by atoms with Crippen molar-refractivity contribution in [1.82, 2.24) is 0 Å². The van der Waals surface area contributed by atoms with E-state index < -0.39 is 6.10 Å². The summed E-state index contributed by atoms with van der Waals surface area (Å²) in [5, 5.41) is 9.73. The monoisotopic (exact) mass is 192 g/mol. The molecule has 1 N–H and O–H groups in total. The van der Waals surface area contributed by atoms with Crippen molar-refractivity contribution in [3.05, 3.63) is 47.9 Å². The minimum atomic E-state index is -0.611. The number of hydrogen-bond donors (Lipinski definition) is 1. The molecule has 3 heteroatoms. The number of benzene rings is 1. The summed E-state index contributed by atoms with van der Waals surface area (Å²) in [7, 11) is 0. The van der Waals surface area contributed by atoms with Gasteiger partial charge >= 0.3 is 0 Å². The van der Waals surface area contributed by atoms with Gasteiger partial charge in [0.05, 0.1) is 0 Å². The van der Waals surface area contributed by atoms with E-state index in [0.29, 0.717) is 12.2 Å². The average molecular weight is 192 g/mol. The van der Waals surface area contributed by atoms with Gasteiger partial charge < -0.3 is 14.6 Å². The van der Waals surface area contributed by atoms with Gasteiger partial charge in [-0.2, -0.15) is 0 Å². The highest BCUT2D eigenvalue weighted by Crippen LogP contribution is 2.15. The summed E-state index contributed by atoms with van der Waals surface area (Å²) in [6, 6.07) is 9.79. The van der Waals surface area contributed by atoms with Crippen LogP contribution in [0.5, 0.6) is 0 Å². The molecule has 0 saturated carbocycles. The van der Waals surface area contributed by atoms with E-state index in [4.69, 9.17) is 9.47 Å². The summed E-state index contributed by atoms with van der Waals surface area (Å²) in [4.78, 5) is 0. The van der Waals surface area contributed by atoms with E-state index in [0.717, 1.165) is 5.56 Å². The molecule has 0 fully saturated rings. The maximum atomic E-state index is 9.73. The van der Waals surface area contributed by atoms with Crippen LogP contribution in [0.4, 0.5) is 0 Å². The predicted octanol–water partition coefficient (Wildman–Crippen LogP) is 1.44. The smallest absolute Gasteiger partial charge is 0.230 e. The number of aliphatic hydroxyl groups is 1. The first kappa shape index (κ1) is 9.09. The number of ether oxygens (including phenoxy) is 2. The highest BCUT2D eigenvalue weighted by atomic mass is 16.7. The van der Waals surface area contributed by atoms with Gasteiger partial charge in [0.2, 0.25) is 6.79 Å². The van der Waals surface area contributed by atoms with E-state index >= 15 is 0 Å². The van der Waals surface area contributed by atoms with E-state index in [1.165, 1.54) is 6.26 Å². The van der Waals surface area contributed by atoms with Crippen LogP contribution in [0, 0.1) is 0 Å². The zero-order valence-corrected chi connectivity index (χ0v) is 7.72. The van der Waals surface area contributed by atoms with Crippen molar-refractivity contribution < 1.29 is 14.6 Å². The third-order valence-corrected chi connectivity index (χ3v) is 2.09. The zero-order chi connectivity index (χ0) is 9.80. The highest BCUT2D eigenvalue weighted by molar-refractivity contribution is 5.17. The van der Waals surface area contributed by atoms with Gasteiger partial charge in [-0.3, -0.25) is 0 Å². The van der Waals surface area contributed by atoms with Crippen molar-refractivity contribution in [3.63, 3.8) is 0 Å². The van der Waals surface area contributed by atoms with Crippen LogP contribution in [0.15, 0.2) is 42.4 Å². The van der Waals surface area contributed by atoms with E-state index in [-0.39, 0.29) is 6.79 Å². The Morgan fingerprint density at radius 1 is 1.29 bits per heavy atom.